The van der Waals surface area contributed by atoms with Crippen LogP contribution in [0.4, 0.5) is 5.69 Å². The van der Waals surface area contributed by atoms with E-state index < -0.39 is 0 Å². The number of anilines is 1. The number of rotatable bonds is 5. The van der Waals surface area contributed by atoms with Crippen LogP contribution in [0.25, 0.3) is 0 Å². The minimum atomic E-state index is 0. The zero-order valence-electron chi connectivity index (χ0n) is 7.72. The summed E-state index contributed by atoms with van der Waals surface area (Å²) in [5.41, 5.74) is 1.23. The van der Waals surface area contributed by atoms with Gasteiger partial charge in [-0.3, -0.25) is 0 Å². The quantitative estimate of drug-likeness (QED) is 0.675. The molecule has 1 aromatic rings. The molecule has 1 aromatic carbocycles. The number of nitrogens with one attached hydrogen (secondary N) is 1. The van der Waals surface area contributed by atoms with Crippen LogP contribution in [0.3, 0.4) is 0 Å². The lowest BCUT2D eigenvalue weighted by atomic mass is 10.2. The van der Waals surface area contributed by atoms with Crippen LogP contribution in [0.2, 0.25) is 0 Å². The van der Waals surface area contributed by atoms with Crippen molar-refractivity contribution in [2.45, 2.75) is 33.6 Å². The molecule has 13 heavy (non-hydrogen) atoms. The molecule has 0 saturated heterocycles. The van der Waals surface area contributed by atoms with Gasteiger partial charge in [-0.15, -0.1) is 0 Å². The second-order valence-electron chi connectivity index (χ2n) is 3.00. The topological polar surface area (TPSA) is 12.0 Å². The molecule has 1 heteroatoms. The highest BCUT2D eigenvalue weighted by molar-refractivity contribution is 5.42. The highest BCUT2D eigenvalue weighted by Gasteiger charge is 1.87. The molecule has 1 nitrogen and oxygen atoms in total. The van der Waals surface area contributed by atoms with E-state index in [0.29, 0.717) is 0 Å². The molecule has 1 rings (SSSR count). The molecule has 0 aromatic heterocycles. The van der Waals surface area contributed by atoms with E-state index in [1.807, 2.05) is 6.07 Å². The summed E-state index contributed by atoms with van der Waals surface area (Å²) in [5.74, 6) is 0. The maximum absolute atomic E-state index is 3.38. The molecule has 0 heterocycles. The van der Waals surface area contributed by atoms with Crippen LogP contribution in [0.5, 0.6) is 0 Å². The molecule has 74 valence electrons. The van der Waals surface area contributed by atoms with Gasteiger partial charge in [-0.2, -0.15) is 0 Å². The molecule has 0 amide bonds. The maximum Gasteiger partial charge on any atom is 0.0340 e. The van der Waals surface area contributed by atoms with Crippen LogP contribution in [-0.4, -0.2) is 6.54 Å². The van der Waals surface area contributed by atoms with Gasteiger partial charge >= 0.3 is 0 Å². The largest absolute Gasteiger partial charge is 0.385 e. The summed E-state index contributed by atoms with van der Waals surface area (Å²) < 4.78 is 0. The van der Waals surface area contributed by atoms with E-state index in [0.717, 1.165) is 6.54 Å². The van der Waals surface area contributed by atoms with Crippen molar-refractivity contribution < 1.29 is 0 Å². The van der Waals surface area contributed by atoms with Crippen molar-refractivity contribution in [3.05, 3.63) is 30.3 Å². The van der Waals surface area contributed by atoms with Crippen LogP contribution >= 0.6 is 0 Å². The van der Waals surface area contributed by atoms with Crippen LogP contribution in [0, 0.1) is 0 Å². The molecule has 0 aliphatic heterocycles. The first-order valence-corrected chi connectivity index (χ1v) is 4.72. The van der Waals surface area contributed by atoms with E-state index in [1.54, 1.807) is 0 Å². The minimum Gasteiger partial charge on any atom is -0.385 e. The van der Waals surface area contributed by atoms with E-state index in [1.165, 1.54) is 24.9 Å². The molecule has 0 spiro atoms. The van der Waals surface area contributed by atoms with Gasteiger partial charge in [0.05, 0.1) is 0 Å². The molecule has 0 atom stereocenters. The second kappa shape index (κ2) is 7.66. The summed E-state index contributed by atoms with van der Waals surface area (Å²) >= 11 is 0. The normalized spacial score (nSPS) is 9.00. The first-order valence-electron chi connectivity index (χ1n) is 4.72. The zero-order valence-corrected chi connectivity index (χ0v) is 7.72. The van der Waals surface area contributed by atoms with Gasteiger partial charge in [-0.25, -0.2) is 0 Å². The summed E-state index contributed by atoms with van der Waals surface area (Å²) in [6.45, 7) is 3.32. The summed E-state index contributed by atoms with van der Waals surface area (Å²) in [6, 6.07) is 10.4. The molecule has 0 saturated carbocycles. The molecule has 0 fully saturated rings. The van der Waals surface area contributed by atoms with E-state index in [-0.39, 0.29) is 7.43 Å². The predicted octanol–water partition coefficient (Wildman–Crippen LogP) is 3.92. The average Bonchev–Trinajstić information content (AvgIpc) is 2.14. The third-order valence-corrected chi connectivity index (χ3v) is 1.88. The Hall–Kier alpha value is -0.980. The van der Waals surface area contributed by atoms with Crippen molar-refractivity contribution in [3.63, 3.8) is 0 Å². The number of unbranched alkanes of at least 4 members (excludes halogenated alkanes) is 2. The predicted molar refractivity (Wildman–Crippen MR) is 61.2 cm³/mol. The molecule has 0 radical (unpaired) electrons. The second-order valence-corrected chi connectivity index (χ2v) is 3.00. The molecule has 0 aliphatic carbocycles. The van der Waals surface area contributed by atoms with E-state index in [4.69, 9.17) is 0 Å². The monoisotopic (exact) mass is 179 g/mol. The summed E-state index contributed by atoms with van der Waals surface area (Å²) in [7, 11) is 0. The third-order valence-electron chi connectivity index (χ3n) is 1.88. The Labute approximate surface area is 82.2 Å². The van der Waals surface area contributed by atoms with Crippen molar-refractivity contribution in [2.24, 2.45) is 0 Å². The number of hydrogen-bond acceptors (Lipinski definition) is 1. The van der Waals surface area contributed by atoms with Gasteiger partial charge in [0.25, 0.3) is 0 Å². The number of hydrogen-bond donors (Lipinski definition) is 1. The van der Waals surface area contributed by atoms with Gasteiger partial charge in [0, 0.05) is 12.2 Å². The van der Waals surface area contributed by atoms with Crippen LogP contribution in [0.15, 0.2) is 30.3 Å². The standard InChI is InChI=1S/C11H17N.CH4/c1-2-3-7-10-12-11-8-5-4-6-9-11;/h4-6,8-9,12H,2-3,7,10H2,1H3;1H4. The van der Waals surface area contributed by atoms with E-state index >= 15 is 0 Å². The van der Waals surface area contributed by atoms with Crippen LogP contribution in [-0.2, 0) is 0 Å². The minimum absolute atomic E-state index is 0. The fourth-order valence-electron chi connectivity index (χ4n) is 1.16. The van der Waals surface area contributed by atoms with Crippen LogP contribution in [0.1, 0.15) is 33.6 Å². The molecule has 1 N–H and O–H groups in total. The molecular formula is C12H21N. The third kappa shape index (κ3) is 5.29. The maximum atomic E-state index is 3.38. The first-order chi connectivity index (χ1) is 5.93. The van der Waals surface area contributed by atoms with Gasteiger partial charge in [0.1, 0.15) is 0 Å². The Kier molecular flexibility index (Phi) is 7.08. The molecular weight excluding hydrogens is 158 g/mol. The van der Waals surface area contributed by atoms with E-state index in [9.17, 15) is 0 Å². The van der Waals surface area contributed by atoms with Crippen molar-refractivity contribution in [2.75, 3.05) is 11.9 Å². The van der Waals surface area contributed by atoms with Crippen molar-refractivity contribution in [1.82, 2.24) is 0 Å². The van der Waals surface area contributed by atoms with Crippen molar-refractivity contribution >= 4 is 5.69 Å². The Bertz CT molecular complexity index is 194. The fourth-order valence-corrected chi connectivity index (χ4v) is 1.16. The van der Waals surface area contributed by atoms with Gasteiger partial charge in [-0.1, -0.05) is 45.4 Å². The van der Waals surface area contributed by atoms with Crippen molar-refractivity contribution in [1.29, 1.82) is 0 Å². The van der Waals surface area contributed by atoms with Crippen molar-refractivity contribution in [3.8, 4) is 0 Å². The van der Waals surface area contributed by atoms with Gasteiger partial charge in [0.15, 0.2) is 0 Å². The molecule has 0 bridgehead atoms. The summed E-state index contributed by atoms with van der Waals surface area (Å²) in [5, 5.41) is 3.38. The molecule has 0 aliphatic rings. The number of para-hydroxylation sites is 1. The SMILES string of the molecule is C.CCCCCNc1ccccc1. The lowest BCUT2D eigenvalue weighted by molar-refractivity contribution is 0.744. The Morgan fingerprint density at radius 3 is 2.38 bits per heavy atom. The molecule has 0 unspecified atom stereocenters. The number of benzene rings is 1. The summed E-state index contributed by atoms with van der Waals surface area (Å²) in [6.07, 6.45) is 3.88. The van der Waals surface area contributed by atoms with Gasteiger partial charge in [-0.05, 0) is 18.6 Å². The van der Waals surface area contributed by atoms with Gasteiger partial charge in [0.2, 0.25) is 0 Å². The lowest BCUT2D eigenvalue weighted by Gasteiger charge is -2.04. The zero-order chi connectivity index (χ0) is 8.65. The Morgan fingerprint density at radius 1 is 1.08 bits per heavy atom. The Balaban J connectivity index is 0.00000144. The van der Waals surface area contributed by atoms with E-state index in [2.05, 4.69) is 36.5 Å². The highest BCUT2D eigenvalue weighted by atomic mass is 14.9. The summed E-state index contributed by atoms with van der Waals surface area (Å²) in [4.78, 5) is 0. The fraction of sp³-hybridized carbons (Fsp3) is 0.500. The average molecular weight is 179 g/mol. The Morgan fingerprint density at radius 2 is 1.77 bits per heavy atom. The highest BCUT2D eigenvalue weighted by Crippen LogP contribution is 2.05. The first kappa shape index (κ1) is 12.0. The van der Waals surface area contributed by atoms with Gasteiger partial charge < -0.3 is 5.32 Å². The van der Waals surface area contributed by atoms with Crippen LogP contribution < -0.4 is 5.32 Å². The smallest absolute Gasteiger partial charge is 0.0340 e. The lowest BCUT2D eigenvalue weighted by Crippen LogP contribution is -2.00.